The Labute approximate surface area is 68.6 Å². The molecular formula is C9H16N2. The predicted molar refractivity (Wildman–Crippen MR) is 48.1 cm³/mol. The van der Waals surface area contributed by atoms with Gasteiger partial charge in [-0.05, 0) is 12.6 Å². The van der Waals surface area contributed by atoms with E-state index in [2.05, 4.69) is 22.9 Å². The third kappa shape index (κ3) is 2.30. The molecule has 0 saturated heterocycles. The van der Waals surface area contributed by atoms with Crippen LogP contribution in [0.15, 0.2) is 24.6 Å². The van der Waals surface area contributed by atoms with Crippen LogP contribution in [0.1, 0.15) is 6.42 Å². The minimum atomic E-state index is 0.643. The molecule has 1 atom stereocenters. The van der Waals surface area contributed by atoms with Crippen molar-refractivity contribution in [3.63, 3.8) is 0 Å². The van der Waals surface area contributed by atoms with Gasteiger partial charge in [-0.15, -0.1) is 0 Å². The Bertz CT molecular complexity index is 170. The van der Waals surface area contributed by atoms with Crippen LogP contribution in [-0.2, 0) is 0 Å². The van der Waals surface area contributed by atoms with Gasteiger partial charge in [0.15, 0.2) is 0 Å². The van der Waals surface area contributed by atoms with Gasteiger partial charge in [0.2, 0.25) is 0 Å². The maximum Gasteiger partial charge on any atom is 0.0208 e. The van der Waals surface area contributed by atoms with E-state index >= 15 is 0 Å². The molecule has 1 heterocycles. The molecule has 11 heavy (non-hydrogen) atoms. The quantitative estimate of drug-likeness (QED) is 0.653. The number of hydrogen-bond donors (Lipinski definition) is 1. The first-order valence-corrected chi connectivity index (χ1v) is 3.95. The molecule has 62 valence electrons. The highest BCUT2D eigenvalue weighted by Crippen LogP contribution is 2.14. The van der Waals surface area contributed by atoms with E-state index in [0.29, 0.717) is 5.92 Å². The Hall–Kier alpha value is -0.920. The van der Waals surface area contributed by atoms with Crippen LogP contribution in [0.25, 0.3) is 0 Å². The van der Waals surface area contributed by atoms with Gasteiger partial charge in [0.05, 0.1) is 0 Å². The van der Waals surface area contributed by atoms with Gasteiger partial charge in [-0.25, -0.2) is 0 Å². The van der Waals surface area contributed by atoms with Crippen molar-refractivity contribution in [2.45, 2.75) is 6.42 Å². The molecule has 1 unspecified atom stereocenters. The van der Waals surface area contributed by atoms with Gasteiger partial charge in [-0.1, -0.05) is 12.7 Å². The summed E-state index contributed by atoms with van der Waals surface area (Å²) < 4.78 is 0. The molecule has 0 fully saturated rings. The zero-order valence-corrected chi connectivity index (χ0v) is 7.30. The Kier molecular flexibility index (Phi) is 2.58. The van der Waals surface area contributed by atoms with Crippen molar-refractivity contribution in [1.29, 1.82) is 0 Å². The fraction of sp³-hybridized carbons (Fsp3) is 0.556. The van der Waals surface area contributed by atoms with E-state index in [9.17, 15) is 0 Å². The minimum absolute atomic E-state index is 0.643. The van der Waals surface area contributed by atoms with Gasteiger partial charge in [0.1, 0.15) is 0 Å². The summed E-state index contributed by atoms with van der Waals surface area (Å²) in [6.45, 7) is 5.04. The van der Waals surface area contributed by atoms with Gasteiger partial charge in [0.25, 0.3) is 0 Å². The van der Waals surface area contributed by atoms with Crippen molar-refractivity contribution in [1.82, 2.24) is 10.2 Å². The molecule has 0 bridgehead atoms. The van der Waals surface area contributed by atoms with Crippen LogP contribution in [0.5, 0.6) is 0 Å². The van der Waals surface area contributed by atoms with E-state index < -0.39 is 0 Å². The maximum absolute atomic E-state index is 3.98. The zero-order chi connectivity index (χ0) is 8.27. The molecular weight excluding hydrogens is 136 g/mol. The molecule has 0 amide bonds. The minimum Gasteiger partial charge on any atom is -0.391 e. The molecule has 0 aromatic rings. The van der Waals surface area contributed by atoms with Crippen LogP contribution in [0, 0.1) is 5.92 Å². The summed E-state index contributed by atoms with van der Waals surface area (Å²) in [6.07, 6.45) is 5.29. The monoisotopic (exact) mass is 152 g/mol. The smallest absolute Gasteiger partial charge is 0.0208 e. The Morgan fingerprint density at radius 1 is 1.73 bits per heavy atom. The summed E-state index contributed by atoms with van der Waals surface area (Å²) in [6, 6.07) is 0. The zero-order valence-electron chi connectivity index (χ0n) is 7.30. The molecule has 0 aliphatic carbocycles. The average molecular weight is 152 g/mol. The van der Waals surface area contributed by atoms with Crippen LogP contribution in [-0.4, -0.2) is 25.5 Å². The Morgan fingerprint density at radius 2 is 2.45 bits per heavy atom. The van der Waals surface area contributed by atoms with Crippen LogP contribution in [0.3, 0.4) is 0 Å². The second-order valence-electron chi connectivity index (χ2n) is 3.19. The first-order chi connectivity index (χ1) is 5.20. The lowest BCUT2D eigenvalue weighted by Gasteiger charge is -2.17. The van der Waals surface area contributed by atoms with E-state index in [1.807, 2.05) is 20.3 Å². The number of nitrogens with one attached hydrogen (secondary N) is 1. The average Bonchev–Trinajstić information content (AvgIpc) is 2.39. The normalized spacial score (nSPS) is 21.5. The fourth-order valence-corrected chi connectivity index (χ4v) is 1.12. The lowest BCUT2D eigenvalue weighted by molar-refractivity contribution is 0.461. The molecule has 0 aromatic carbocycles. The summed E-state index contributed by atoms with van der Waals surface area (Å²) in [5.41, 5.74) is 1.20. The third-order valence-electron chi connectivity index (χ3n) is 2.00. The number of hydrogen-bond acceptors (Lipinski definition) is 2. The fourth-order valence-electron chi connectivity index (χ4n) is 1.12. The number of rotatable bonds is 3. The summed E-state index contributed by atoms with van der Waals surface area (Å²) >= 11 is 0. The van der Waals surface area contributed by atoms with Crippen molar-refractivity contribution in [2.24, 2.45) is 5.92 Å². The molecule has 0 spiro atoms. The van der Waals surface area contributed by atoms with Crippen molar-refractivity contribution < 1.29 is 0 Å². The van der Waals surface area contributed by atoms with E-state index in [4.69, 9.17) is 0 Å². The Balaban J connectivity index is 2.30. The molecule has 0 radical (unpaired) electrons. The van der Waals surface area contributed by atoms with Gasteiger partial charge in [0, 0.05) is 32.3 Å². The molecule has 1 N–H and O–H groups in total. The highest BCUT2D eigenvalue weighted by molar-refractivity contribution is 5.03. The van der Waals surface area contributed by atoms with Gasteiger partial charge in [-0.3, -0.25) is 0 Å². The van der Waals surface area contributed by atoms with E-state index in [-0.39, 0.29) is 0 Å². The summed E-state index contributed by atoms with van der Waals surface area (Å²) in [4.78, 5) is 2.08. The third-order valence-corrected chi connectivity index (χ3v) is 2.00. The van der Waals surface area contributed by atoms with Crippen LogP contribution >= 0.6 is 0 Å². The standard InChI is InChI=1S/C9H16N2/c1-8(11(2)3)6-9-4-5-10-7-9/h4-5,9-10H,1,6-7H2,2-3H3. The molecule has 0 saturated carbocycles. The van der Waals surface area contributed by atoms with Gasteiger partial charge >= 0.3 is 0 Å². The second-order valence-corrected chi connectivity index (χ2v) is 3.19. The lowest BCUT2D eigenvalue weighted by Crippen LogP contribution is -2.16. The van der Waals surface area contributed by atoms with Crippen LogP contribution in [0.2, 0.25) is 0 Å². The van der Waals surface area contributed by atoms with Gasteiger partial charge in [-0.2, -0.15) is 0 Å². The SMILES string of the molecule is C=C(CC1C=CNC1)N(C)C. The van der Waals surface area contributed by atoms with Gasteiger partial charge < -0.3 is 10.2 Å². The van der Waals surface area contributed by atoms with E-state index in [1.54, 1.807) is 0 Å². The maximum atomic E-state index is 3.98. The topological polar surface area (TPSA) is 15.3 Å². The number of nitrogens with zero attached hydrogens (tertiary/aromatic N) is 1. The molecule has 0 aromatic heterocycles. The molecule has 1 aliphatic heterocycles. The molecule has 2 heteroatoms. The van der Waals surface area contributed by atoms with Crippen molar-refractivity contribution >= 4 is 0 Å². The molecule has 2 nitrogen and oxygen atoms in total. The van der Waals surface area contributed by atoms with Crippen molar-refractivity contribution in [3.8, 4) is 0 Å². The van der Waals surface area contributed by atoms with E-state index in [0.717, 1.165) is 13.0 Å². The van der Waals surface area contributed by atoms with E-state index in [1.165, 1.54) is 5.70 Å². The van der Waals surface area contributed by atoms with Crippen LogP contribution in [0.4, 0.5) is 0 Å². The first-order valence-electron chi connectivity index (χ1n) is 3.95. The van der Waals surface area contributed by atoms with Crippen molar-refractivity contribution in [3.05, 3.63) is 24.6 Å². The highest BCUT2D eigenvalue weighted by Gasteiger charge is 2.10. The highest BCUT2D eigenvalue weighted by atomic mass is 15.1. The van der Waals surface area contributed by atoms with Crippen molar-refractivity contribution in [2.75, 3.05) is 20.6 Å². The second kappa shape index (κ2) is 3.46. The number of allylic oxidation sites excluding steroid dienone is 1. The lowest BCUT2D eigenvalue weighted by atomic mass is 10.1. The summed E-state index contributed by atoms with van der Waals surface area (Å²) in [5.74, 6) is 0.643. The van der Waals surface area contributed by atoms with Crippen LogP contribution < -0.4 is 5.32 Å². The Morgan fingerprint density at radius 3 is 2.91 bits per heavy atom. The predicted octanol–water partition coefficient (Wildman–Crippen LogP) is 1.18. The molecule has 1 rings (SSSR count). The summed E-state index contributed by atoms with van der Waals surface area (Å²) in [5, 5.41) is 3.18. The molecule has 1 aliphatic rings. The summed E-state index contributed by atoms with van der Waals surface area (Å²) in [7, 11) is 4.07. The largest absolute Gasteiger partial charge is 0.391 e. The first kappa shape index (κ1) is 8.18.